The maximum atomic E-state index is 14.0. The van der Waals surface area contributed by atoms with E-state index < -0.39 is 5.82 Å². The highest BCUT2D eigenvalue weighted by Gasteiger charge is 2.13. The van der Waals surface area contributed by atoms with Crippen molar-refractivity contribution in [3.63, 3.8) is 0 Å². The standard InChI is InChI=1S/C20H17FN2O2S/c1-26-20-22-10-9-16(23-20)12-18(24)15-7-8-17(21)19(11-15)25-13-14-5-3-2-4-6-14/h2-11H,12-13H2,1H3. The Kier molecular flexibility index (Phi) is 5.96. The van der Waals surface area contributed by atoms with Crippen LogP contribution >= 0.6 is 11.8 Å². The highest BCUT2D eigenvalue weighted by molar-refractivity contribution is 7.98. The summed E-state index contributed by atoms with van der Waals surface area (Å²) in [7, 11) is 0. The lowest BCUT2D eigenvalue weighted by Gasteiger charge is -2.09. The maximum absolute atomic E-state index is 14.0. The van der Waals surface area contributed by atoms with E-state index in [1.165, 1.54) is 30.0 Å². The van der Waals surface area contributed by atoms with Crippen molar-refractivity contribution in [3.05, 3.63) is 83.4 Å². The summed E-state index contributed by atoms with van der Waals surface area (Å²) in [6.45, 7) is 0.235. The molecule has 0 unspecified atom stereocenters. The van der Waals surface area contributed by atoms with E-state index in [2.05, 4.69) is 9.97 Å². The fourth-order valence-corrected chi connectivity index (χ4v) is 2.74. The molecule has 1 aromatic heterocycles. The molecule has 0 bridgehead atoms. The summed E-state index contributed by atoms with van der Waals surface area (Å²) in [5.41, 5.74) is 1.94. The smallest absolute Gasteiger partial charge is 0.187 e. The molecule has 0 saturated carbocycles. The van der Waals surface area contributed by atoms with Crippen LogP contribution in [0.3, 0.4) is 0 Å². The van der Waals surface area contributed by atoms with Crippen molar-refractivity contribution in [2.75, 3.05) is 6.26 Å². The summed E-state index contributed by atoms with van der Waals surface area (Å²) < 4.78 is 19.5. The van der Waals surface area contributed by atoms with Crippen LogP contribution in [0, 0.1) is 5.82 Å². The van der Waals surface area contributed by atoms with Crippen LogP contribution in [-0.2, 0) is 13.0 Å². The van der Waals surface area contributed by atoms with E-state index in [1.54, 1.807) is 12.3 Å². The van der Waals surface area contributed by atoms with Crippen LogP contribution in [0.25, 0.3) is 0 Å². The van der Waals surface area contributed by atoms with E-state index in [0.717, 1.165) is 5.56 Å². The van der Waals surface area contributed by atoms with E-state index in [4.69, 9.17) is 4.74 Å². The summed E-state index contributed by atoms with van der Waals surface area (Å²) in [5.74, 6) is -0.586. The van der Waals surface area contributed by atoms with Crippen molar-refractivity contribution in [1.29, 1.82) is 0 Å². The molecule has 0 aliphatic carbocycles. The largest absolute Gasteiger partial charge is 0.486 e. The van der Waals surface area contributed by atoms with Crippen LogP contribution in [0.1, 0.15) is 21.6 Å². The van der Waals surface area contributed by atoms with Crippen molar-refractivity contribution in [2.45, 2.75) is 18.2 Å². The first-order valence-electron chi connectivity index (χ1n) is 8.01. The second-order valence-electron chi connectivity index (χ2n) is 5.55. The molecule has 0 spiro atoms. The Morgan fingerprint density at radius 3 is 2.73 bits per heavy atom. The molecule has 3 aromatic rings. The van der Waals surface area contributed by atoms with Crippen LogP contribution in [0.15, 0.2) is 66.0 Å². The van der Waals surface area contributed by atoms with E-state index in [0.29, 0.717) is 16.4 Å². The molecule has 0 atom stereocenters. The van der Waals surface area contributed by atoms with E-state index in [-0.39, 0.29) is 24.6 Å². The molecule has 0 saturated heterocycles. The highest BCUT2D eigenvalue weighted by atomic mass is 32.2. The molecule has 1 heterocycles. The Morgan fingerprint density at radius 2 is 1.96 bits per heavy atom. The SMILES string of the molecule is CSc1nccc(CC(=O)c2ccc(F)c(OCc3ccccc3)c2)n1. The number of halogens is 1. The fourth-order valence-electron chi connectivity index (χ4n) is 2.36. The summed E-state index contributed by atoms with van der Waals surface area (Å²) in [5, 5.41) is 0.612. The van der Waals surface area contributed by atoms with Crippen molar-refractivity contribution in [2.24, 2.45) is 0 Å². The molecule has 132 valence electrons. The van der Waals surface area contributed by atoms with Gasteiger partial charge in [0.15, 0.2) is 22.5 Å². The zero-order valence-electron chi connectivity index (χ0n) is 14.2. The third-order valence-electron chi connectivity index (χ3n) is 3.71. The van der Waals surface area contributed by atoms with Crippen molar-refractivity contribution >= 4 is 17.5 Å². The number of hydrogen-bond donors (Lipinski definition) is 0. The molecule has 0 aliphatic heterocycles. The number of thioether (sulfide) groups is 1. The van der Waals surface area contributed by atoms with Gasteiger partial charge < -0.3 is 4.74 Å². The van der Waals surface area contributed by atoms with Crippen molar-refractivity contribution in [3.8, 4) is 5.75 Å². The van der Waals surface area contributed by atoms with Gasteiger partial charge in [-0.2, -0.15) is 0 Å². The van der Waals surface area contributed by atoms with Gasteiger partial charge in [0.05, 0.1) is 12.1 Å². The van der Waals surface area contributed by atoms with Crippen LogP contribution in [-0.4, -0.2) is 22.0 Å². The van der Waals surface area contributed by atoms with Gasteiger partial charge in [-0.25, -0.2) is 14.4 Å². The van der Waals surface area contributed by atoms with E-state index in [1.807, 2.05) is 36.6 Å². The first kappa shape index (κ1) is 18.1. The van der Waals surface area contributed by atoms with Gasteiger partial charge in [0.25, 0.3) is 0 Å². The number of benzene rings is 2. The predicted octanol–water partition coefficient (Wildman–Crippen LogP) is 4.34. The van der Waals surface area contributed by atoms with Gasteiger partial charge in [0.2, 0.25) is 0 Å². The number of Topliss-reactive ketones (excluding diaryl/α,β-unsaturated/α-hetero) is 1. The van der Waals surface area contributed by atoms with Gasteiger partial charge in [-0.05, 0) is 36.1 Å². The first-order chi connectivity index (χ1) is 12.7. The number of aromatic nitrogens is 2. The zero-order valence-corrected chi connectivity index (χ0v) is 15.0. The number of carbonyl (C=O) groups is 1. The summed E-state index contributed by atoms with van der Waals surface area (Å²) in [6.07, 6.45) is 3.62. The van der Waals surface area contributed by atoms with Gasteiger partial charge in [0.1, 0.15) is 6.61 Å². The lowest BCUT2D eigenvalue weighted by Crippen LogP contribution is -2.07. The molecule has 0 N–H and O–H groups in total. The Hall–Kier alpha value is -2.73. The van der Waals surface area contributed by atoms with E-state index in [9.17, 15) is 9.18 Å². The van der Waals surface area contributed by atoms with Gasteiger partial charge in [-0.1, -0.05) is 42.1 Å². The molecule has 0 radical (unpaired) electrons. The van der Waals surface area contributed by atoms with Crippen LogP contribution < -0.4 is 4.74 Å². The lowest BCUT2D eigenvalue weighted by atomic mass is 10.1. The second-order valence-corrected chi connectivity index (χ2v) is 6.33. The quantitative estimate of drug-likeness (QED) is 0.353. The average Bonchev–Trinajstić information content (AvgIpc) is 2.68. The molecule has 6 heteroatoms. The molecule has 3 rings (SSSR count). The monoisotopic (exact) mass is 368 g/mol. The number of ketones is 1. The van der Waals surface area contributed by atoms with Gasteiger partial charge in [-0.3, -0.25) is 4.79 Å². The second kappa shape index (κ2) is 8.58. The Bertz CT molecular complexity index is 903. The predicted molar refractivity (Wildman–Crippen MR) is 99.0 cm³/mol. The Balaban J connectivity index is 1.72. The molecular formula is C20H17FN2O2S. The third-order valence-corrected chi connectivity index (χ3v) is 4.27. The summed E-state index contributed by atoms with van der Waals surface area (Å²) in [6, 6.07) is 15.3. The number of hydrogen-bond acceptors (Lipinski definition) is 5. The molecular weight excluding hydrogens is 351 g/mol. The normalized spacial score (nSPS) is 10.5. The topological polar surface area (TPSA) is 52.1 Å². The summed E-state index contributed by atoms with van der Waals surface area (Å²) in [4.78, 5) is 20.9. The Labute approximate surface area is 155 Å². The van der Waals surface area contributed by atoms with Crippen molar-refractivity contribution < 1.29 is 13.9 Å². The number of rotatable bonds is 7. The maximum Gasteiger partial charge on any atom is 0.187 e. The van der Waals surface area contributed by atoms with Gasteiger partial charge >= 0.3 is 0 Å². The van der Waals surface area contributed by atoms with Gasteiger partial charge in [0, 0.05) is 11.8 Å². The molecule has 0 fully saturated rings. The molecule has 2 aromatic carbocycles. The molecule has 0 aliphatic rings. The van der Waals surface area contributed by atoms with E-state index >= 15 is 0 Å². The van der Waals surface area contributed by atoms with Gasteiger partial charge in [-0.15, -0.1) is 0 Å². The van der Waals surface area contributed by atoms with Crippen molar-refractivity contribution in [1.82, 2.24) is 9.97 Å². The first-order valence-corrected chi connectivity index (χ1v) is 9.23. The lowest BCUT2D eigenvalue weighted by molar-refractivity contribution is 0.0991. The minimum absolute atomic E-state index is 0.0622. The highest BCUT2D eigenvalue weighted by Crippen LogP contribution is 2.21. The third kappa shape index (κ3) is 4.67. The molecule has 26 heavy (non-hydrogen) atoms. The van der Waals surface area contributed by atoms with Crippen LogP contribution in [0.5, 0.6) is 5.75 Å². The fraction of sp³-hybridized carbons (Fsp3) is 0.150. The Morgan fingerprint density at radius 1 is 1.15 bits per heavy atom. The van der Waals surface area contributed by atoms with Crippen LogP contribution in [0.4, 0.5) is 4.39 Å². The molecule has 4 nitrogen and oxygen atoms in total. The number of nitrogens with zero attached hydrogens (tertiary/aromatic N) is 2. The number of ether oxygens (including phenoxy) is 1. The average molecular weight is 368 g/mol. The molecule has 0 amide bonds. The number of carbonyl (C=O) groups excluding carboxylic acids is 1. The zero-order chi connectivity index (χ0) is 18.4. The minimum Gasteiger partial charge on any atom is -0.486 e. The van der Waals surface area contributed by atoms with Crippen LogP contribution in [0.2, 0.25) is 0 Å². The summed E-state index contributed by atoms with van der Waals surface area (Å²) >= 11 is 1.41. The minimum atomic E-state index is -0.496.